The fraction of sp³-hybridized carbons (Fsp3) is 0.462. The van der Waals surface area contributed by atoms with Gasteiger partial charge in [-0.2, -0.15) is 0 Å². The number of nitrogens with one attached hydrogen (secondary N) is 2. The molecule has 0 saturated heterocycles. The van der Waals surface area contributed by atoms with E-state index < -0.39 is 0 Å². The lowest BCUT2D eigenvalue weighted by atomic mass is 9.89. The number of anilines is 2. The zero-order valence-electron chi connectivity index (χ0n) is 27.6. The van der Waals surface area contributed by atoms with Crippen LogP contribution >= 0.6 is 0 Å². The van der Waals surface area contributed by atoms with Gasteiger partial charge in [-0.25, -0.2) is 0 Å². The molecular formula is C39H55N3. The first-order valence-corrected chi connectivity index (χ1v) is 16.0. The van der Waals surface area contributed by atoms with E-state index in [1.807, 2.05) is 12.2 Å². The van der Waals surface area contributed by atoms with Gasteiger partial charge in [-0.3, -0.25) is 4.98 Å². The molecule has 3 rings (SSSR count). The number of benzene rings is 2. The molecule has 0 saturated carbocycles. The number of allylic oxidation sites excluding steroid dienone is 2. The van der Waals surface area contributed by atoms with E-state index in [0.717, 1.165) is 50.2 Å². The van der Waals surface area contributed by atoms with E-state index in [1.165, 1.54) is 44.8 Å². The summed E-state index contributed by atoms with van der Waals surface area (Å²) in [6, 6.07) is 15.9. The number of pyridine rings is 1. The summed E-state index contributed by atoms with van der Waals surface area (Å²) in [5.41, 5.74) is 13.1. The molecule has 2 aromatic carbocycles. The second-order valence-electron chi connectivity index (χ2n) is 12.9. The minimum Gasteiger partial charge on any atom is -0.384 e. The molecule has 2 N–H and O–H groups in total. The number of hydrogen-bond donors (Lipinski definition) is 2. The Hall–Kier alpha value is -3.33. The van der Waals surface area contributed by atoms with Gasteiger partial charge in [-0.15, -0.1) is 13.2 Å². The maximum Gasteiger partial charge on any atom is 0.0424 e. The van der Waals surface area contributed by atoms with Gasteiger partial charge in [0.05, 0.1) is 0 Å². The summed E-state index contributed by atoms with van der Waals surface area (Å²) < 4.78 is 0. The quantitative estimate of drug-likeness (QED) is 0.170. The van der Waals surface area contributed by atoms with Crippen molar-refractivity contribution in [3.8, 4) is 0 Å². The van der Waals surface area contributed by atoms with Crippen LogP contribution in [0.1, 0.15) is 124 Å². The molecule has 1 aromatic heterocycles. The Kier molecular flexibility index (Phi) is 12.5. The molecule has 226 valence electrons. The van der Waals surface area contributed by atoms with E-state index in [4.69, 9.17) is 4.98 Å². The first-order chi connectivity index (χ1) is 20.0. The highest BCUT2D eigenvalue weighted by molar-refractivity contribution is 5.63. The van der Waals surface area contributed by atoms with Crippen LogP contribution in [-0.2, 0) is 25.7 Å². The van der Waals surface area contributed by atoms with Crippen LogP contribution in [0.2, 0.25) is 0 Å². The SMILES string of the molecule is C=CCc1cc(C(C)C)c(NCCc2cccc(CCNc3c(C(C)C)cc(CC=C)cc3C(C)C)n2)c(C(C)C)c1. The van der Waals surface area contributed by atoms with Gasteiger partial charge >= 0.3 is 0 Å². The molecule has 1 heterocycles. The molecule has 0 radical (unpaired) electrons. The van der Waals surface area contributed by atoms with Gasteiger partial charge in [0.15, 0.2) is 0 Å². The maximum atomic E-state index is 5.04. The van der Waals surface area contributed by atoms with Crippen molar-refractivity contribution in [2.45, 2.75) is 105 Å². The van der Waals surface area contributed by atoms with Crippen LogP contribution in [-0.4, -0.2) is 18.1 Å². The number of aromatic nitrogens is 1. The molecule has 0 spiro atoms. The van der Waals surface area contributed by atoms with E-state index in [1.54, 1.807) is 0 Å². The average Bonchev–Trinajstić information content (AvgIpc) is 2.94. The lowest BCUT2D eigenvalue weighted by Gasteiger charge is -2.23. The lowest BCUT2D eigenvalue weighted by Crippen LogP contribution is -2.14. The Labute approximate surface area is 257 Å². The average molecular weight is 566 g/mol. The molecule has 0 aliphatic heterocycles. The van der Waals surface area contributed by atoms with E-state index in [-0.39, 0.29) is 0 Å². The van der Waals surface area contributed by atoms with Crippen molar-refractivity contribution in [3.63, 3.8) is 0 Å². The molecule has 0 fully saturated rings. The van der Waals surface area contributed by atoms with Gasteiger partial charge in [-0.05, 0) is 82.0 Å². The third-order valence-electron chi connectivity index (χ3n) is 8.00. The van der Waals surface area contributed by atoms with Gasteiger partial charge < -0.3 is 10.6 Å². The number of nitrogens with zero attached hydrogens (tertiary/aromatic N) is 1. The molecule has 0 unspecified atom stereocenters. The normalized spacial score (nSPS) is 11.5. The zero-order valence-corrected chi connectivity index (χ0v) is 27.6. The minimum atomic E-state index is 0.453. The Morgan fingerprint density at radius 2 is 0.929 bits per heavy atom. The standard InChI is InChI=1S/C39H55N3/c1-11-14-30-22-34(26(3)4)38(35(23-30)27(5)6)40-20-18-32-16-13-17-33(42-32)19-21-41-39-36(28(7)8)24-31(15-12-2)25-37(39)29(9)10/h11-13,16-17,22-29,40-41H,1-2,14-15,18-21H2,3-10H3. The van der Waals surface area contributed by atoms with Gasteiger partial charge in [-0.1, -0.05) is 97.9 Å². The number of hydrogen-bond acceptors (Lipinski definition) is 3. The summed E-state index contributed by atoms with van der Waals surface area (Å²) in [6.45, 7) is 27.9. The Bertz CT molecular complexity index is 1170. The van der Waals surface area contributed by atoms with E-state index in [9.17, 15) is 0 Å². The highest BCUT2D eigenvalue weighted by Gasteiger charge is 2.17. The first-order valence-electron chi connectivity index (χ1n) is 16.0. The van der Waals surface area contributed by atoms with Gasteiger partial charge in [0.2, 0.25) is 0 Å². The van der Waals surface area contributed by atoms with Crippen molar-refractivity contribution in [3.05, 3.63) is 113 Å². The van der Waals surface area contributed by atoms with Crippen molar-refractivity contribution in [2.24, 2.45) is 0 Å². The maximum absolute atomic E-state index is 5.04. The summed E-state index contributed by atoms with van der Waals surface area (Å²) in [4.78, 5) is 5.04. The summed E-state index contributed by atoms with van der Waals surface area (Å²) in [6.07, 6.45) is 7.59. The fourth-order valence-electron chi connectivity index (χ4n) is 5.74. The molecule has 0 aliphatic carbocycles. The van der Waals surface area contributed by atoms with E-state index in [0.29, 0.717) is 23.7 Å². The van der Waals surface area contributed by atoms with Crippen LogP contribution in [0.25, 0.3) is 0 Å². The van der Waals surface area contributed by atoms with Crippen molar-refractivity contribution in [2.75, 3.05) is 23.7 Å². The Balaban J connectivity index is 1.70. The van der Waals surface area contributed by atoms with Crippen LogP contribution in [0.5, 0.6) is 0 Å². The lowest BCUT2D eigenvalue weighted by molar-refractivity contribution is 0.821. The number of rotatable bonds is 16. The molecule has 0 atom stereocenters. The summed E-state index contributed by atoms with van der Waals surface area (Å²) >= 11 is 0. The zero-order chi connectivity index (χ0) is 30.8. The second kappa shape index (κ2) is 15.8. The third kappa shape index (κ3) is 8.84. The van der Waals surface area contributed by atoms with Crippen LogP contribution < -0.4 is 10.6 Å². The van der Waals surface area contributed by atoms with Crippen LogP contribution in [0.4, 0.5) is 11.4 Å². The summed E-state index contributed by atoms with van der Waals surface area (Å²) in [5, 5.41) is 7.62. The fourth-order valence-corrected chi connectivity index (χ4v) is 5.74. The van der Waals surface area contributed by atoms with E-state index >= 15 is 0 Å². The van der Waals surface area contributed by atoms with Gasteiger partial charge in [0.1, 0.15) is 0 Å². The molecule has 3 heteroatoms. The Morgan fingerprint density at radius 1 is 0.595 bits per heavy atom. The predicted octanol–water partition coefficient (Wildman–Crippen LogP) is 10.3. The summed E-state index contributed by atoms with van der Waals surface area (Å²) in [5.74, 6) is 1.81. The highest BCUT2D eigenvalue weighted by Crippen LogP contribution is 2.35. The van der Waals surface area contributed by atoms with Crippen LogP contribution in [0.3, 0.4) is 0 Å². The molecule has 3 nitrogen and oxygen atoms in total. The molecule has 0 aliphatic rings. The van der Waals surface area contributed by atoms with Crippen molar-refractivity contribution in [1.29, 1.82) is 0 Å². The molecular weight excluding hydrogens is 510 g/mol. The molecule has 0 bridgehead atoms. The Morgan fingerprint density at radius 3 is 1.21 bits per heavy atom. The molecule has 0 amide bonds. The molecule has 42 heavy (non-hydrogen) atoms. The van der Waals surface area contributed by atoms with E-state index in [2.05, 4.69) is 122 Å². The highest BCUT2D eigenvalue weighted by atomic mass is 14.9. The topological polar surface area (TPSA) is 37.0 Å². The van der Waals surface area contributed by atoms with Gasteiger partial charge in [0.25, 0.3) is 0 Å². The van der Waals surface area contributed by atoms with Crippen molar-refractivity contribution >= 4 is 11.4 Å². The first kappa shape index (κ1) is 33.2. The second-order valence-corrected chi connectivity index (χ2v) is 12.9. The van der Waals surface area contributed by atoms with Crippen molar-refractivity contribution < 1.29 is 0 Å². The minimum absolute atomic E-state index is 0.453. The monoisotopic (exact) mass is 565 g/mol. The largest absolute Gasteiger partial charge is 0.384 e. The summed E-state index contributed by atoms with van der Waals surface area (Å²) in [7, 11) is 0. The van der Waals surface area contributed by atoms with Crippen LogP contribution in [0, 0.1) is 0 Å². The molecule has 3 aromatic rings. The van der Waals surface area contributed by atoms with Gasteiger partial charge in [0, 0.05) is 48.7 Å². The predicted molar refractivity (Wildman–Crippen MR) is 186 cm³/mol. The third-order valence-corrected chi connectivity index (χ3v) is 8.00. The smallest absolute Gasteiger partial charge is 0.0424 e. The van der Waals surface area contributed by atoms with Crippen LogP contribution in [0.15, 0.2) is 67.8 Å². The van der Waals surface area contributed by atoms with Crippen molar-refractivity contribution in [1.82, 2.24) is 4.98 Å².